The zero-order chi connectivity index (χ0) is 17.6. The van der Waals surface area contributed by atoms with Crippen LogP contribution in [0.1, 0.15) is 24.1 Å². The van der Waals surface area contributed by atoms with Gasteiger partial charge in [-0.05, 0) is 12.5 Å². The largest absolute Gasteiger partial charge is 0.479 e. The molecule has 2 aliphatic heterocycles. The Morgan fingerprint density at radius 1 is 1.12 bits per heavy atom. The molecule has 2 aromatic rings. The van der Waals surface area contributed by atoms with Crippen molar-refractivity contribution in [2.45, 2.75) is 24.7 Å². The highest BCUT2D eigenvalue weighted by molar-refractivity contribution is 6.06. The highest BCUT2D eigenvalue weighted by Gasteiger charge is 2.59. The number of benzene rings is 2. The maximum absolute atomic E-state index is 12.1. The van der Waals surface area contributed by atoms with Gasteiger partial charge < -0.3 is 14.7 Å². The molecule has 3 atom stereocenters. The maximum atomic E-state index is 12.1. The molecule has 126 valence electrons. The second-order valence-electron chi connectivity index (χ2n) is 6.26. The summed E-state index contributed by atoms with van der Waals surface area (Å²) in [7, 11) is 0. The molecule has 25 heavy (non-hydrogen) atoms. The monoisotopic (exact) mass is 336 g/mol. The third-order valence-electron chi connectivity index (χ3n) is 4.60. The molecular weight excluding hydrogens is 320 g/mol. The summed E-state index contributed by atoms with van der Waals surface area (Å²) in [5, 5.41) is 9.90. The molecule has 0 aromatic heterocycles. The van der Waals surface area contributed by atoms with Crippen LogP contribution in [0, 0.1) is 0 Å². The Labute approximate surface area is 144 Å². The van der Waals surface area contributed by atoms with E-state index in [4.69, 9.17) is 4.74 Å². The first kappa shape index (κ1) is 15.4. The molecule has 1 N–H and O–H groups in total. The van der Waals surface area contributed by atoms with Gasteiger partial charge in [-0.2, -0.15) is 0 Å². The van der Waals surface area contributed by atoms with Crippen molar-refractivity contribution >= 4 is 17.8 Å². The summed E-state index contributed by atoms with van der Waals surface area (Å²) in [6, 6.07) is 17.8. The molecule has 1 fully saturated rings. The predicted molar refractivity (Wildman–Crippen MR) is 89.9 cm³/mol. The lowest BCUT2D eigenvalue weighted by Gasteiger charge is -2.31. The van der Waals surface area contributed by atoms with E-state index in [9.17, 15) is 14.7 Å². The highest BCUT2D eigenvalue weighted by atomic mass is 16.7. The average molecular weight is 336 g/mol. The van der Waals surface area contributed by atoms with E-state index in [0.29, 0.717) is 5.84 Å². The number of amidine groups is 1. The summed E-state index contributed by atoms with van der Waals surface area (Å²) in [4.78, 5) is 30.1. The number of hydrogen-bond donors (Lipinski definition) is 1. The quantitative estimate of drug-likeness (QED) is 0.866. The third-order valence-corrected chi connectivity index (χ3v) is 4.60. The number of carboxylic acid groups (broad SMARTS) is 1. The van der Waals surface area contributed by atoms with Crippen LogP contribution in [-0.4, -0.2) is 39.5 Å². The molecule has 2 aliphatic rings. The molecule has 0 radical (unpaired) electrons. The Morgan fingerprint density at radius 2 is 1.68 bits per heavy atom. The third kappa shape index (κ3) is 2.38. The van der Waals surface area contributed by atoms with Crippen molar-refractivity contribution in [1.29, 1.82) is 0 Å². The Morgan fingerprint density at radius 3 is 2.20 bits per heavy atom. The van der Waals surface area contributed by atoms with Gasteiger partial charge in [0.25, 0.3) is 6.23 Å². The summed E-state index contributed by atoms with van der Waals surface area (Å²) in [5.74, 6) is -0.972. The lowest BCUT2D eigenvalue weighted by Crippen LogP contribution is -2.44. The summed E-state index contributed by atoms with van der Waals surface area (Å²) < 4.78 is 5.09. The summed E-state index contributed by atoms with van der Waals surface area (Å²) >= 11 is 0. The van der Waals surface area contributed by atoms with Crippen molar-refractivity contribution in [3.8, 4) is 0 Å². The number of hydrogen-bond acceptors (Lipinski definition) is 5. The fraction of sp³-hybridized carbons (Fsp3) is 0.211. The number of ether oxygens (including phenoxy) is 1. The Balaban J connectivity index is 1.89. The number of carboxylic acids is 1. The van der Waals surface area contributed by atoms with Crippen molar-refractivity contribution in [2.75, 3.05) is 0 Å². The number of rotatable bonds is 4. The maximum Gasteiger partial charge on any atom is 0.371 e. The molecule has 6 heteroatoms. The van der Waals surface area contributed by atoms with Crippen LogP contribution in [0.25, 0.3) is 0 Å². The van der Waals surface area contributed by atoms with Crippen LogP contribution in [0.2, 0.25) is 0 Å². The van der Waals surface area contributed by atoms with E-state index in [-0.39, 0.29) is 5.97 Å². The minimum atomic E-state index is -1.43. The van der Waals surface area contributed by atoms with Gasteiger partial charge in [0.15, 0.2) is 5.54 Å². The fourth-order valence-electron chi connectivity index (χ4n) is 3.31. The van der Waals surface area contributed by atoms with Crippen LogP contribution in [-0.2, 0) is 14.3 Å². The van der Waals surface area contributed by atoms with Gasteiger partial charge in [-0.15, -0.1) is 0 Å². The number of cyclic esters (lactones) is 1. The Kier molecular flexibility index (Phi) is 3.35. The second kappa shape index (κ2) is 5.44. The minimum absolute atomic E-state index is 0.376. The summed E-state index contributed by atoms with van der Waals surface area (Å²) in [5.41, 5.74) is 0.0840. The first-order valence-corrected chi connectivity index (χ1v) is 7.95. The van der Waals surface area contributed by atoms with Crippen molar-refractivity contribution in [3.05, 3.63) is 71.8 Å². The number of aliphatic carboxylic acids is 1. The molecule has 1 saturated heterocycles. The van der Waals surface area contributed by atoms with Gasteiger partial charge in [-0.3, -0.25) is 0 Å². The van der Waals surface area contributed by atoms with E-state index in [2.05, 4.69) is 4.99 Å². The molecule has 0 aliphatic carbocycles. The highest BCUT2D eigenvalue weighted by Crippen LogP contribution is 2.45. The van der Waals surface area contributed by atoms with Crippen LogP contribution < -0.4 is 0 Å². The van der Waals surface area contributed by atoms with Gasteiger partial charge >= 0.3 is 11.9 Å². The Bertz CT molecular complexity index is 866. The number of carbonyl (C=O) groups is 2. The summed E-state index contributed by atoms with van der Waals surface area (Å²) in [6.45, 7) is 1.57. The van der Waals surface area contributed by atoms with Crippen LogP contribution in [0.4, 0.5) is 0 Å². The molecule has 2 heterocycles. The van der Waals surface area contributed by atoms with E-state index in [0.717, 1.165) is 11.1 Å². The first-order chi connectivity index (χ1) is 12.0. The molecule has 0 saturated carbocycles. The molecule has 0 amide bonds. The van der Waals surface area contributed by atoms with Gasteiger partial charge in [0.1, 0.15) is 5.84 Å². The van der Waals surface area contributed by atoms with E-state index < -0.39 is 23.8 Å². The average Bonchev–Trinajstić information content (AvgIpc) is 3.25. The van der Waals surface area contributed by atoms with Gasteiger partial charge in [0, 0.05) is 5.56 Å². The van der Waals surface area contributed by atoms with Gasteiger partial charge in [-0.1, -0.05) is 60.7 Å². The van der Waals surface area contributed by atoms with E-state index in [1.165, 1.54) is 0 Å². The molecule has 6 nitrogen and oxygen atoms in total. The van der Waals surface area contributed by atoms with Crippen molar-refractivity contribution in [1.82, 2.24) is 4.90 Å². The zero-order valence-corrected chi connectivity index (χ0v) is 13.5. The van der Waals surface area contributed by atoms with Gasteiger partial charge in [0.05, 0.1) is 6.04 Å². The second-order valence-corrected chi connectivity index (χ2v) is 6.26. The molecule has 2 aromatic carbocycles. The minimum Gasteiger partial charge on any atom is -0.479 e. The molecular formula is C19H16N2O4. The van der Waals surface area contributed by atoms with E-state index >= 15 is 0 Å². The number of nitrogens with zero attached hydrogens (tertiary/aromatic N) is 2. The number of epoxide rings is 1. The number of carbonyl (C=O) groups excluding carboxylic acids is 1. The van der Waals surface area contributed by atoms with E-state index in [1.54, 1.807) is 11.8 Å². The molecule has 4 rings (SSSR count). The van der Waals surface area contributed by atoms with Crippen LogP contribution in [0.15, 0.2) is 65.7 Å². The fourth-order valence-corrected chi connectivity index (χ4v) is 3.31. The lowest BCUT2D eigenvalue weighted by molar-refractivity contribution is -0.144. The van der Waals surface area contributed by atoms with Crippen molar-refractivity contribution in [2.24, 2.45) is 4.99 Å². The van der Waals surface area contributed by atoms with Gasteiger partial charge in [0.2, 0.25) is 0 Å². The van der Waals surface area contributed by atoms with Crippen molar-refractivity contribution < 1.29 is 19.4 Å². The SMILES string of the molecule is CC1(C(=O)O)N=C(c2ccccc2)N(C2OC2=O)C1c1ccccc1. The molecule has 0 bridgehead atoms. The van der Waals surface area contributed by atoms with E-state index in [1.807, 2.05) is 60.7 Å². The first-order valence-electron chi connectivity index (χ1n) is 7.95. The standard InChI is InChI=1S/C19H16N2O4/c1-19(18(23)24)14(12-8-4-2-5-9-12)21(16-17(22)25-16)15(20-19)13-10-6-3-7-11-13/h2-11,14,16H,1H3,(H,23,24). The normalized spacial score (nSPS) is 27.6. The van der Waals surface area contributed by atoms with Crippen LogP contribution >= 0.6 is 0 Å². The lowest BCUT2D eigenvalue weighted by atomic mass is 9.87. The Hall–Kier alpha value is -3.15. The topological polar surface area (TPSA) is 82.5 Å². The predicted octanol–water partition coefficient (Wildman–Crippen LogP) is 2.22. The molecule has 0 spiro atoms. The zero-order valence-electron chi connectivity index (χ0n) is 13.5. The molecule has 3 unspecified atom stereocenters. The van der Waals surface area contributed by atoms with Crippen LogP contribution in [0.5, 0.6) is 0 Å². The number of aliphatic imine (C=N–C) groups is 1. The van der Waals surface area contributed by atoms with Crippen molar-refractivity contribution in [3.63, 3.8) is 0 Å². The summed E-state index contributed by atoms with van der Waals surface area (Å²) in [6.07, 6.45) is -0.801. The van der Waals surface area contributed by atoms with Crippen LogP contribution in [0.3, 0.4) is 0 Å². The van der Waals surface area contributed by atoms with Gasteiger partial charge in [-0.25, -0.2) is 14.6 Å². The smallest absolute Gasteiger partial charge is 0.371 e.